The molecule has 0 spiro atoms. The van der Waals surface area contributed by atoms with Crippen LogP contribution in [0.25, 0.3) is 0 Å². The molecular weight excluding hydrogens is 292 g/mol. The van der Waals surface area contributed by atoms with Crippen molar-refractivity contribution in [3.63, 3.8) is 0 Å². The van der Waals surface area contributed by atoms with Crippen molar-refractivity contribution in [3.8, 4) is 0 Å². The number of anilines is 1. The van der Waals surface area contributed by atoms with Gasteiger partial charge in [0.15, 0.2) is 5.82 Å². The molecule has 1 aromatic heterocycles. The summed E-state index contributed by atoms with van der Waals surface area (Å²) in [5, 5.41) is 0. The van der Waals surface area contributed by atoms with Gasteiger partial charge in [-0.15, -0.1) is 0 Å². The molecule has 2 aliphatic rings. The molecule has 1 aromatic carbocycles. The van der Waals surface area contributed by atoms with E-state index >= 15 is 0 Å². The first kappa shape index (κ1) is 14.0. The lowest BCUT2D eigenvalue weighted by Gasteiger charge is -2.25. The Hall–Kier alpha value is -2.63. The van der Waals surface area contributed by atoms with Crippen molar-refractivity contribution in [2.45, 2.75) is 19.9 Å². The monoisotopic (exact) mass is 310 g/mol. The average Bonchev–Trinajstić information content (AvgIpc) is 3.19. The summed E-state index contributed by atoms with van der Waals surface area (Å²) in [6.07, 6.45) is 2.57. The molecule has 23 heavy (non-hydrogen) atoms. The minimum atomic E-state index is -0.132. The molecule has 2 aliphatic heterocycles. The third kappa shape index (κ3) is 2.13. The summed E-state index contributed by atoms with van der Waals surface area (Å²) in [5.41, 5.74) is 2.48. The summed E-state index contributed by atoms with van der Waals surface area (Å²) in [4.78, 5) is 33.0. The number of nitrogens with zero attached hydrogens (tertiary/aromatic N) is 4. The quantitative estimate of drug-likeness (QED) is 0.846. The number of carbonyl (C=O) groups is 2. The van der Waals surface area contributed by atoms with E-state index < -0.39 is 0 Å². The van der Waals surface area contributed by atoms with Crippen LogP contribution < -0.4 is 4.90 Å². The molecule has 3 heterocycles. The van der Waals surface area contributed by atoms with Crippen LogP contribution >= 0.6 is 0 Å². The third-order valence-electron chi connectivity index (χ3n) is 4.60. The number of para-hydroxylation sites is 1. The maximum atomic E-state index is 12.8. The van der Waals surface area contributed by atoms with Crippen LogP contribution in [-0.2, 0) is 13.0 Å². The molecule has 0 unspecified atom stereocenters. The van der Waals surface area contributed by atoms with Gasteiger partial charge in [-0.3, -0.25) is 9.59 Å². The van der Waals surface area contributed by atoms with Crippen LogP contribution in [0.5, 0.6) is 0 Å². The van der Waals surface area contributed by atoms with Crippen molar-refractivity contribution in [3.05, 3.63) is 47.5 Å². The Morgan fingerprint density at radius 3 is 2.87 bits per heavy atom. The standard InChI is InChI=1S/C17H18N4O2/c1-2-19-9-10-20-11-13(18-15(20)17(19)23)16(22)21-8-7-12-5-3-4-6-14(12)21/h3-6,11H,2,7-10H2,1H3. The van der Waals surface area contributed by atoms with Gasteiger partial charge in [0.05, 0.1) is 0 Å². The highest BCUT2D eigenvalue weighted by Gasteiger charge is 2.31. The summed E-state index contributed by atoms with van der Waals surface area (Å²) in [5.74, 6) is 0.140. The SMILES string of the molecule is CCN1CCn2cc(C(=O)N3CCc4ccccc43)nc2C1=O. The van der Waals surface area contributed by atoms with E-state index in [0.717, 1.165) is 12.1 Å². The van der Waals surface area contributed by atoms with Gasteiger partial charge < -0.3 is 14.4 Å². The number of hydrogen-bond acceptors (Lipinski definition) is 3. The highest BCUT2D eigenvalue weighted by Crippen LogP contribution is 2.28. The first-order valence-electron chi connectivity index (χ1n) is 7.95. The van der Waals surface area contributed by atoms with Crippen molar-refractivity contribution in [2.75, 3.05) is 24.5 Å². The average molecular weight is 310 g/mol. The zero-order valence-corrected chi connectivity index (χ0v) is 13.0. The van der Waals surface area contributed by atoms with E-state index in [0.29, 0.717) is 37.7 Å². The fourth-order valence-corrected chi connectivity index (χ4v) is 3.32. The summed E-state index contributed by atoms with van der Waals surface area (Å²) < 4.78 is 1.80. The van der Waals surface area contributed by atoms with E-state index in [1.807, 2.05) is 31.2 Å². The van der Waals surface area contributed by atoms with Gasteiger partial charge >= 0.3 is 0 Å². The number of amides is 2. The smallest absolute Gasteiger partial charge is 0.289 e. The fraction of sp³-hybridized carbons (Fsp3) is 0.353. The van der Waals surface area contributed by atoms with Gasteiger partial charge in [-0.25, -0.2) is 4.98 Å². The Morgan fingerprint density at radius 1 is 1.22 bits per heavy atom. The Kier molecular flexibility index (Phi) is 3.18. The fourth-order valence-electron chi connectivity index (χ4n) is 3.32. The van der Waals surface area contributed by atoms with E-state index in [-0.39, 0.29) is 11.8 Å². The molecule has 0 radical (unpaired) electrons. The lowest BCUT2D eigenvalue weighted by Crippen LogP contribution is -2.40. The molecule has 6 nitrogen and oxygen atoms in total. The zero-order valence-electron chi connectivity index (χ0n) is 13.0. The molecule has 6 heteroatoms. The Balaban J connectivity index is 1.65. The van der Waals surface area contributed by atoms with Gasteiger partial charge in [0.1, 0.15) is 5.69 Å². The number of likely N-dealkylation sites (N-methyl/N-ethyl adjacent to an activating group) is 1. The van der Waals surface area contributed by atoms with Crippen LogP contribution in [0.4, 0.5) is 5.69 Å². The minimum absolute atomic E-state index is 0.0976. The first-order chi connectivity index (χ1) is 11.2. The summed E-state index contributed by atoms with van der Waals surface area (Å²) in [6.45, 7) is 4.62. The van der Waals surface area contributed by atoms with E-state index in [9.17, 15) is 9.59 Å². The largest absolute Gasteiger partial charge is 0.334 e. The van der Waals surface area contributed by atoms with Gasteiger partial charge in [-0.05, 0) is 25.0 Å². The molecule has 2 amide bonds. The van der Waals surface area contributed by atoms with Crippen molar-refractivity contribution < 1.29 is 9.59 Å². The summed E-state index contributed by atoms with van der Waals surface area (Å²) >= 11 is 0. The molecule has 0 fully saturated rings. The van der Waals surface area contributed by atoms with Crippen molar-refractivity contribution >= 4 is 17.5 Å². The third-order valence-corrected chi connectivity index (χ3v) is 4.60. The highest BCUT2D eigenvalue weighted by molar-refractivity contribution is 6.06. The minimum Gasteiger partial charge on any atom is -0.334 e. The highest BCUT2D eigenvalue weighted by atomic mass is 16.2. The van der Waals surface area contributed by atoms with Gasteiger partial charge in [-0.2, -0.15) is 0 Å². The lowest BCUT2D eigenvalue weighted by molar-refractivity contribution is 0.0707. The lowest BCUT2D eigenvalue weighted by atomic mass is 10.2. The maximum absolute atomic E-state index is 12.8. The van der Waals surface area contributed by atoms with Gasteiger partial charge in [0, 0.05) is 38.1 Å². The van der Waals surface area contributed by atoms with Crippen LogP contribution in [0.2, 0.25) is 0 Å². The van der Waals surface area contributed by atoms with Crippen molar-refractivity contribution in [1.82, 2.24) is 14.5 Å². The van der Waals surface area contributed by atoms with Gasteiger partial charge in [0.2, 0.25) is 0 Å². The normalized spacial score (nSPS) is 16.5. The van der Waals surface area contributed by atoms with Crippen LogP contribution in [0.15, 0.2) is 30.5 Å². The molecule has 0 bridgehead atoms. The first-order valence-corrected chi connectivity index (χ1v) is 7.95. The van der Waals surface area contributed by atoms with Crippen LogP contribution in [0.3, 0.4) is 0 Å². The van der Waals surface area contributed by atoms with Crippen LogP contribution in [-0.4, -0.2) is 45.9 Å². The molecular formula is C17H18N4O2. The number of carbonyl (C=O) groups excluding carboxylic acids is 2. The van der Waals surface area contributed by atoms with E-state index in [1.54, 1.807) is 20.6 Å². The summed E-state index contributed by atoms with van der Waals surface area (Å²) in [6, 6.07) is 7.93. The topological polar surface area (TPSA) is 58.4 Å². The second-order valence-electron chi connectivity index (χ2n) is 5.86. The van der Waals surface area contributed by atoms with E-state index in [1.165, 1.54) is 5.56 Å². The molecule has 4 rings (SSSR count). The predicted octanol–water partition coefficient (Wildman–Crippen LogP) is 1.56. The molecule has 0 saturated carbocycles. The second-order valence-corrected chi connectivity index (χ2v) is 5.86. The predicted molar refractivity (Wildman–Crippen MR) is 85.6 cm³/mol. The molecule has 0 atom stereocenters. The molecule has 0 aliphatic carbocycles. The Bertz CT molecular complexity index is 796. The van der Waals surface area contributed by atoms with Crippen molar-refractivity contribution in [2.24, 2.45) is 0 Å². The van der Waals surface area contributed by atoms with E-state index in [2.05, 4.69) is 4.98 Å². The number of rotatable bonds is 2. The zero-order chi connectivity index (χ0) is 16.0. The maximum Gasteiger partial charge on any atom is 0.289 e. The molecule has 2 aromatic rings. The number of benzene rings is 1. The Morgan fingerprint density at radius 2 is 2.04 bits per heavy atom. The number of fused-ring (bicyclic) bond motifs is 2. The number of imidazole rings is 1. The Labute approximate surface area is 134 Å². The number of hydrogen-bond donors (Lipinski definition) is 0. The van der Waals surface area contributed by atoms with E-state index in [4.69, 9.17) is 0 Å². The van der Waals surface area contributed by atoms with Gasteiger partial charge in [0.25, 0.3) is 11.8 Å². The van der Waals surface area contributed by atoms with Crippen LogP contribution in [0.1, 0.15) is 33.6 Å². The van der Waals surface area contributed by atoms with Gasteiger partial charge in [-0.1, -0.05) is 18.2 Å². The molecule has 0 saturated heterocycles. The van der Waals surface area contributed by atoms with Crippen LogP contribution in [0, 0.1) is 0 Å². The number of aromatic nitrogens is 2. The summed E-state index contributed by atoms with van der Waals surface area (Å²) in [7, 11) is 0. The second kappa shape index (κ2) is 5.22. The van der Waals surface area contributed by atoms with Crippen molar-refractivity contribution in [1.29, 1.82) is 0 Å². The molecule has 118 valence electrons. The molecule has 0 N–H and O–H groups in total.